The fourth-order valence-corrected chi connectivity index (χ4v) is 2.88. The van der Waals surface area contributed by atoms with Gasteiger partial charge < -0.3 is 10.1 Å². The lowest BCUT2D eigenvalue weighted by Gasteiger charge is -2.13. The third kappa shape index (κ3) is 4.34. The van der Waals surface area contributed by atoms with E-state index in [0.29, 0.717) is 18.3 Å². The Labute approximate surface area is 125 Å². The van der Waals surface area contributed by atoms with Gasteiger partial charge in [-0.1, -0.05) is 20.3 Å². The molecule has 1 aromatic rings. The van der Waals surface area contributed by atoms with Crippen molar-refractivity contribution >= 4 is 11.4 Å². The van der Waals surface area contributed by atoms with E-state index in [0.717, 1.165) is 24.6 Å². The molecule has 21 heavy (non-hydrogen) atoms. The topological polar surface area (TPSA) is 64.4 Å². The van der Waals surface area contributed by atoms with Crippen molar-refractivity contribution in [2.45, 2.75) is 39.5 Å². The second kappa shape index (κ2) is 7.29. The summed E-state index contributed by atoms with van der Waals surface area (Å²) in [5.74, 6) is 1.87. The molecule has 5 nitrogen and oxygen atoms in total. The Hall–Kier alpha value is -1.78. The van der Waals surface area contributed by atoms with Gasteiger partial charge in [0.1, 0.15) is 0 Å². The van der Waals surface area contributed by atoms with E-state index in [1.165, 1.54) is 25.3 Å². The maximum atomic E-state index is 11.0. The van der Waals surface area contributed by atoms with Gasteiger partial charge in [-0.25, -0.2) is 0 Å². The summed E-state index contributed by atoms with van der Waals surface area (Å²) in [6.45, 7) is 5.69. The highest BCUT2D eigenvalue weighted by Crippen LogP contribution is 2.32. The SMILES string of the molecule is CCCOc1cc(NCC2CCC(C)C2)ccc1[N+](=O)[O-]. The number of nitrogens with zero attached hydrogens (tertiary/aromatic N) is 1. The molecule has 0 aromatic heterocycles. The molecule has 1 N–H and O–H groups in total. The molecule has 1 aromatic carbocycles. The Kier molecular flexibility index (Phi) is 5.42. The van der Waals surface area contributed by atoms with Crippen molar-refractivity contribution in [1.82, 2.24) is 0 Å². The number of rotatable bonds is 7. The Morgan fingerprint density at radius 3 is 2.86 bits per heavy atom. The summed E-state index contributed by atoms with van der Waals surface area (Å²) in [5, 5.41) is 14.4. The summed E-state index contributed by atoms with van der Waals surface area (Å²) in [6, 6.07) is 5.02. The van der Waals surface area contributed by atoms with Crippen molar-refractivity contribution in [2.75, 3.05) is 18.5 Å². The maximum Gasteiger partial charge on any atom is 0.311 e. The monoisotopic (exact) mass is 292 g/mol. The smallest absolute Gasteiger partial charge is 0.311 e. The van der Waals surface area contributed by atoms with Crippen LogP contribution in [0.3, 0.4) is 0 Å². The van der Waals surface area contributed by atoms with Gasteiger partial charge in [0, 0.05) is 24.4 Å². The highest BCUT2D eigenvalue weighted by molar-refractivity contribution is 5.58. The molecule has 0 saturated heterocycles. The van der Waals surface area contributed by atoms with Crippen LogP contribution in [0.2, 0.25) is 0 Å². The van der Waals surface area contributed by atoms with Crippen LogP contribution in [0.5, 0.6) is 5.75 Å². The molecule has 2 rings (SSSR count). The highest BCUT2D eigenvalue weighted by atomic mass is 16.6. The first-order valence-electron chi connectivity index (χ1n) is 7.75. The van der Waals surface area contributed by atoms with E-state index in [1.807, 2.05) is 6.92 Å². The molecule has 0 bridgehead atoms. The normalized spacial score (nSPS) is 21.2. The number of nitrogens with one attached hydrogen (secondary N) is 1. The average molecular weight is 292 g/mol. The van der Waals surface area contributed by atoms with Crippen LogP contribution >= 0.6 is 0 Å². The van der Waals surface area contributed by atoms with Crippen LogP contribution in [-0.4, -0.2) is 18.1 Å². The molecule has 5 heteroatoms. The minimum absolute atomic E-state index is 0.0310. The van der Waals surface area contributed by atoms with Gasteiger partial charge in [0.15, 0.2) is 5.75 Å². The Morgan fingerprint density at radius 1 is 1.43 bits per heavy atom. The molecule has 0 aliphatic heterocycles. The van der Waals surface area contributed by atoms with Gasteiger partial charge in [-0.05, 0) is 37.2 Å². The fraction of sp³-hybridized carbons (Fsp3) is 0.625. The molecular weight excluding hydrogens is 268 g/mol. The van der Waals surface area contributed by atoms with Crippen LogP contribution in [0.15, 0.2) is 18.2 Å². The number of ether oxygens (including phenoxy) is 1. The van der Waals surface area contributed by atoms with E-state index in [-0.39, 0.29) is 5.69 Å². The first kappa shape index (κ1) is 15.6. The number of nitro groups is 1. The van der Waals surface area contributed by atoms with Crippen LogP contribution in [0.1, 0.15) is 39.5 Å². The fourth-order valence-electron chi connectivity index (χ4n) is 2.88. The third-order valence-corrected chi connectivity index (χ3v) is 4.02. The van der Waals surface area contributed by atoms with Crippen LogP contribution in [0.4, 0.5) is 11.4 Å². The van der Waals surface area contributed by atoms with Crippen molar-refractivity contribution < 1.29 is 9.66 Å². The molecular formula is C16H24N2O3. The first-order chi connectivity index (χ1) is 10.1. The standard InChI is InChI=1S/C16H24N2O3/c1-3-8-21-16-10-14(6-7-15(16)18(19)20)17-11-13-5-4-12(2)9-13/h6-7,10,12-13,17H,3-5,8-9,11H2,1-2H3. The molecule has 0 heterocycles. The Morgan fingerprint density at radius 2 is 2.24 bits per heavy atom. The van der Waals surface area contributed by atoms with E-state index in [2.05, 4.69) is 12.2 Å². The summed E-state index contributed by atoms with van der Waals surface area (Å²) in [6.07, 6.45) is 4.66. The molecule has 0 spiro atoms. The average Bonchev–Trinajstić information content (AvgIpc) is 2.88. The molecule has 2 atom stereocenters. The Balaban J connectivity index is 2.00. The van der Waals surface area contributed by atoms with E-state index >= 15 is 0 Å². The van der Waals surface area contributed by atoms with Crippen molar-refractivity contribution in [3.8, 4) is 5.75 Å². The molecule has 2 unspecified atom stereocenters. The lowest BCUT2D eigenvalue weighted by atomic mass is 10.1. The predicted octanol–water partition coefficient (Wildman–Crippen LogP) is 4.23. The zero-order chi connectivity index (χ0) is 15.2. The summed E-state index contributed by atoms with van der Waals surface area (Å²) in [4.78, 5) is 10.6. The molecule has 1 fully saturated rings. The lowest BCUT2D eigenvalue weighted by molar-refractivity contribution is -0.385. The van der Waals surface area contributed by atoms with Gasteiger partial charge in [0.2, 0.25) is 0 Å². The lowest BCUT2D eigenvalue weighted by Crippen LogP contribution is -2.11. The zero-order valence-electron chi connectivity index (χ0n) is 12.8. The van der Waals surface area contributed by atoms with Gasteiger partial charge in [0.05, 0.1) is 11.5 Å². The van der Waals surface area contributed by atoms with Crippen LogP contribution in [0.25, 0.3) is 0 Å². The Bertz CT molecular complexity index is 490. The van der Waals surface area contributed by atoms with Gasteiger partial charge in [-0.15, -0.1) is 0 Å². The van der Waals surface area contributed by atoms with Crippen LogP contribution in [0, 0.1) is 22.0 Å². The molecule has 1 aliphatic carbocycles. The van der Waals surface area contributed by atoms with Crippen molar-refractivity contribution in [1.29, 1.82) is 0 Å². The van der Waals surface area contributed by atoms with Crippen molar-refractivity contribution in [3.05, 3.63) is 28.3 Å². The zero-order valence-corrected chi connectivity index (χ0v) is 12.8. The predicted molar refractivity (Wildman–Crippen MR) is 83.9 cm³/mol. The van der Waals surface area contributed by atoms with Crippen LogP contribution in [-0.2, 0) is 0 Å². The summed E-state index contributed by atoms with van der Waals surface area (Å²) in [7, 11) is 0. The minimum atomic E-state index is -0.395. The maximum absolute atomic E-state index is 11.0. The van der Waals surface area contributed by atoms with Gasteiger partial charge in [0.25, 0.3) is 0 Å². The van der Waals surface area contributed by atoms with E-state index in [1.54, 1.807) is 12.1 Å². The van der Waals surface area contributed by atoms with Crippen LogP contribution < -0.4 is 10.1 Å². The summed E-state index contributed by atoms with van der Waals surface area (Å²) < 4.78 is 5.50. The molecule has 0 amide bonds. The highest BCUT2D eigenvalue weighted by Gasteiger charge is 2.21. The summed E-state index contributed by atoms with van der Waals surface area (Å²) in [5.41, 5.74) is 0.926. The molecule has 1 saturated carbocycles. The quantitative estimate of drug-likeness (QED) is 0.603. The molecule has 1 aliphatic rings. The van der Waals surface area contributed by atoms with Crippen molar-refractivity contribution in [2.24, 2.45) is 11.8 Å². The van der Waals surface area contributed by atoms with Gasteiger partial charge in [-0.2, -0.15) is 0 Å². The largest absolute Gasteiger partial charge is 0.487 e. The minimum Gasteiger partial charge on any atom is -0.487 e. The van der Waals surface area contributed by atoms with E-state index in [9.17, 15) is 10.1 Å². The molecule has 116 valence electrons. The second-order valence-electron chi connectivity index (χ2n) is 5.95. The van der Waals surface area contributed by atoms with E-state index in [4.69, 9.17) is 4.74 Å². The number of anilines is 1. The first-order valence-corrected chi connectivity index (χ1v) is 7.75. The van der Waals surface area contributed by atoms with Gasteiger partial charge >= 0.3 is 5.69 Å². The number of hydrogen-bond donors (Lipinski definition) is 1. The third-order valence-electron chi connectivity index (χ3n) is 4.02. The summed E-state index contributed by atoms with van der Waals surface area (Å²) >= 11 is 0. The molecule has 0 radical (unpaired) electrons. The number of nitro benzene ring substituents is 1. The number of hydrogen-bond acceptors (Lipinski definition) is 4. The number of benzene rings is 1. The second-order valence-corrected chi connectivity index (χ2v) is 5.95. The van der Waals surface area contributed by atoms with E-state index < -0.39 is 4.92 Å². The van der Waals surface area contributed by atoms with Gasteiger partial charge in [-0.3, -0.25) is 10.1 Å². The van der Waals surface area contributed by atoms with Crippen molar-refractivity contribution in [3.63, 3.8) is 0 Å².